The molecule has 1 aliphatic carbocycles. The zero-order chi connectivity index (χ0) is 13.2. The van der Waals surface area contributed by atoms with Crippen molar-refractivity contribution in [1.82, 2.24) is 10.6 Å². The number of carbonyl (C=O) groups is 1. The number of amides is 1. The largest absolute Gasteiger partial charge is 0.354 e. The van der Waals surface area contributed by atoms with Crippen LogP contribution in [0, 0.1) is 11.3 Å². The molecule has 4 N–H and O–H groups in total. The molecule has 1 amide bonds. The maximum atomic E-state index is 12.2. The highest BCUT2D eigenvalue weighted by Crippen LogP contribution is 2.58. The zero-order valence-corrected chi connectivity index (χ0v) is 11.7. The van der Waals surface area contributed by atoms with Gasteiger partial charge in [0.05, 0.1) is 0 Å². The quantitative estimate of drug-likeness (QED) is 0.685. The summed E-state index contributed by atoms with van der Waals surface area (Å²) in [4.78, 5) is 12.2. The lowest BCUT2D eigenvalue weighted by Gasteiger charge is -2.27. The first-order valence-electron chi connectivity index (χ1n) is 7.32. The minimum atomic E-state index is -0.230. The molecular formula is C14H27N3O. The molecule has 1 spiro atoms. The number of nitrogens with two attached hydrogens (primary N) is 1. The predicted octanol–water partition coefficient (Wildman–Crippen LogP) is 1.01. The van der Waals surface area contributed by atoms with Crippen LogP contribution in [-0.4, -0.2) is 31.1 Å². The van der Waals surface area contributed by atoms with Gasteiger partial charge >= 0.3 is 0 Å². The molecule has 4 heteroatoms. The van der Waals surface area contributed by atoms with Gasteiger partial charge in [0.1, 0.15) is 0 Å². The molecule has 0 radical (unpaired) electrons. The van der Waals surface area contributed by atoms with E-state index < -0.39 is 0 Å². The van der Waals surface area contributed by atoms with Crippen LogP contribution in [0.2, 0.25) is 0 Å². The Morgan fingerprint density at radius 3 is 2.56 bits per heavy atom. The fourth-order valence-corrected chi connectivity index (χ4v) is 3.08. The molecule has 18 heavy (non-hydrogen) atoms. The van der Waals surface area contributed by atoms with Gasteiger partial charge in [0.2, 0.25) is 5.91 Å². The SMILES string of the molecule is CCC(N)(CC)CNC(=O)C1CC12CCNCC2. The molecule has 1 heterocycles. The molecule has 1 unspecified atom stereocenters. The highest BCUT2D eigenvalue weighted by molar-refractivity contribution is 5.82. The molecule has 1 atom stereocenters. The monoisotopic (exact) mass is 253 g/mol. The predicted molar refractivity (Wildman–Crippen MR) is 73.2 cm³/mol. The van der Waals surface area contributed by atoms with Crippen LogP contribution in [0.5, 0.6) is 0 Å². The molecule has 2 rings (SSSR count). The normalized spacial score (nSPS) is 26.1. The van der Waals surface area contributed by atoms with Crippen LogP contribution < -0.4 is 16.4 Å². The Hall–Kier alpha value is -0.610. The Balaban J connectivity index is 1.80. The van der Waals surface area contributed by atoms with E-state index in [0.717, 1.165) is 45.2 Å². The van der Waals surface area contributed by atoms with E-state index in [4.69, 9.17) is 5.73 Å². The van der Waals surface area contributed by atoms with Gasteiger partial charge in [-0.3, -0.25) is 4.79 Å². The van der Waals surface area contributed by atoms with E-state index in [1.807, 2.05) is 0 Å². The van der Waals surface area contributed by atoms with E-state index in [1.165, 1.54) is 0 Å². The molecule has 0 aromatic carbocycles. The Morgan fingerprint density at radius 1 is 1.39 bits per heavy atom. The third-order valence-corrected chi connectivity index (χ3v) is 5.13. The third-order valence-electron chi connectivity index (χ3n) is 5.13. The van der Waals surface area contributed by atoms with Gasteiger partial charge < -0.3 is 16.4 Å². The van der Waals surface area contributed by atoms with Crippen LogP contribution in [0.4, 0.5) is 0 Å². The summed E-state index contributed by atoms with van der Waals surface area (Å²) in [6.45, 7) is 6.91. The number of nitrogens with one attached hydrogen (secondary N) is 2. The first-order valence-corrected chi connectivity index (χ1v) is 7.32. The Morgan fingerprint density at radius 2 is 2.00 bits per heavy atom. The van der Waals surface area contributed by atoms with Crippen molar-refractivity contribution in [3.63, 3.8) is 0 Å². The molecule has 0 bridgehead atoms. The summed E-state index contributed by atoms with van der Waals surface area (Å²) in [6, 6.07) is 0. The second kappa shape index (κ2) is 5.17. The number of rotatable bonds is 5. The fourth-order valence-electron chi connectivity index (χ4n) is 3.08. The highest BCUT2D eigenvalue weighted by Gasteiger charge is 2.57. The third kappa shape index (κ3) is 2.69. The average Bonchev–Trinajstić information content (AvgIpc) is 3.10. The summed E-state index contributed by atoms with van der Waals surface area (Å²) in [6.07, 6.45) is 5.20. The first-order chi connectivity index (χ1) is 8.55. The smallest absolute Gasteiger partial charge is 0.223 e. The maximum absolute atomic E-state index is 12.2. The fraction of sp³-hybridized carbons (Fsp3) is 0.929. The van der Waals surface area contributed by atoms with E-state index in [-0.39, 0.29) is 17.4 Å². The van der Waals surface area contributed by atoms with Crippen LogP contribution in [0.25, 0.3) is 0 Å². The summed E-state index contributed by atoms with van der Waals surface area (Å²) in [7, 11) is 0. The molecule has 1 saturated heterocycles. The van der Waals surface area contributed by atoms with Crippen LogP contribution in [-0.2, 0) is 4.79 Å². The molecule has 2 fully saturated rings. The van der Waals surface area contributed by atoms with Crippen LogP contribution in [0.3, 0.4) is 0 Å². The van der Waals surface area contributed by atoms with Crippen molar-refractivity contribution in [2.45, 2.75) is 51.5 Å². The van der Waals surface area contributed by atoms with Crippen molar-refractivity contribution in [3.05, 3.63) is 0 Å². The Labute approximate surface area is 110 Å². The second-order valence-corrected chi connectivity index (χ2v) is 6.16. The van der Waals surface area contributed by atoms with Crippen LogP contribution in [0.1, 0.15) is 46.0 Å². The Bertz CT molecular complexity index is 306. The van der Waals surface area contributed by atoms with Crippen molar-refractivity contribution in [1.29, 1.82) is 0 Å². The van der Waals surface area contributed by atoms with Crippen LogP contribution in [0.15, 0.2) is 0 Å². The summed E-state index contributed by atoms with van der Waals surface area (Å²) < 4.78 is 0. The maximum Gasteiger partial charge on any atom is 0.223 e. The zero-order valence-electron chi connectivity index (χ0n) is 11.7. The van der Waals surface area contributed by atoms with E-state index in [9.17, 15) is 4.79 Å². The number of hydrogen-bond acceptors (Lipinski definition) is 3. The first kappa shape index (κ1) is 13.8. The summed E-state index contributed by atoms with van der Waals surface area (Å²) in [5.74, 6) is 0.478. The lowest BCUT2D eigenvalue weighted by atomic mass is 9.91. The van der Waals surface area contributed by atoms with Gasteiger partial charge in [-0.15, -0.1) is 0 Å². The van der Waals surface area contributed by atoms with Crippen molar-refractivity contribution < 1.29 is 4.79 Å². The van der Waals surface area contributed by atoms with Gasteiger partial charge in [-0.1, -0.05) is 13.8 Å². The minimum absolute atomic E-state index is 0.230. The molecule has 4 nitrogen and oxygen atoms in total. The highest BCUT2D eigenvalue weighted by atomic mass is 16.2. The van der Waals surface area contributed by atoms with Crippen molar-refractivity contribution in [2.75, 3.05) is 19.6 Å². The standard InChI is InChI=1S/C14H27N3O/c1-3-14(15,4-2)10-17-12(18)11-9-13(11)5-7-16-8-6-13/h11,16H,3-10,15H2,1-2H3,(H,17,18). The molecule has 0 aromatic heterocycles. The lowest BCUT2D eigenvalue weighted by Crippen LogP contribution is -2.49. The van der Waals surface area contributed by atoms with E-state index in [2.05, 4.69) is 24.5 Å². The average molecular weight is 253 g/mol. The number of carbonyl (C=O) groups excluding carboxylic acids is 1. The number of hydrogen-bond donors (Lipinski definition) is 3. The van der Waals surface area contributed by atoms with E-state index in [1.54, 1.807) is 0 Å². The summed E-state index contributed by atoms with van der Waals surface area (Å²) in [5, 5.41) is 6.44. The minimum Gasteiger partial charge on any atom is -0.354 e. The van der Waals surface area contributed by atoms with Crippen molar-refractivity contribution in [3.8, 4) is 0 Å². The van der Waals surface area contributed by atoms with Gasteiger partial charge in [-0.05, 0) is 50.6 Å². The van der Waals surface area contributed by atoms with Gasteiger partial charge in [0.25, 0.3) is 0 Å². The molecule has 0 aromatic rings. The molecule has 1 saturated carbocycles. The molecule has 104 valence electrons. The van der Waals surface area contributed by atoms with E-state index >= 15 is 0 Å². The summed E-state index contributed by atoms with van der Waals surface area (Å²) in [5.41, 5.74) is 6.30. The van der Waals surface area contributed by atoms with Crippen molar-refractivity contribution >= 4 is 5.91 Å². The lowest BCUT2D eigenvalue weighted by molar-refractivity contribution is -0.123. The van der Waals surface area contributed by atoms with Gasteiger partial charge in [-0.2, -0.15) is 0 Å². The molecule has 2 aliphatic rings. The van der Waals surface area contributed by atoms with E-state index in [0.29, 0.717) is 12.0 Å². The topological polar surface area (TPSA) is 67.1 Å². The van der Waals surface area contributed by atoms with Crippen LogP contribution >= 0.6 is 0 Å². The Kier molecular flexibility index (Phi) is 3.97. The van der Waals surface area contributed by atoms with Gasteiger partial charge in [0.15, 0.2) is 0 Å². The molecular weight excluding hydrogens is 226 g/mol. The van der Waals surface area contributed by atoms with Crippen molar-refractivity contribution in [2.24, 2.45) is 17.1 Å². The van der Waals surface area contributed by atoms with Gasteiger partial charge in [-0.25, -0.2) is 0 Å². The van der Waals surface area contributed by atoms with Gasteiger partial charge in [0, 0.05) is 18.0 Å². The number of piperidine rings is 1. The summed E-state index contributed by atoms with van der Waals surface area (Å²) >= 11 is 0. The molecule has 1 aliphatic heterocycles. The second-order valence-electron chi connectivity index (χ2n) is 6.16.